The van der Waals surface area contributed by atoms with Gasteiger partial charge in [-0.3, -0.25) is 0 Å². The predicted octanol–water partition coefficient (Wildman–Crippen LogP) is -0.580. The fourth-order valence-corrected chi connectivity index (χ4v) is 2.00. The molecule has 1 atom stereocenters. The van der Waals surface area contributed by atoms with E-state index in [1.54, 1.807) is 0 Å². The Morgan fingerprint density at radius 2 is 1.58 bits per heavy atom. The molecule has 0 aliphatic heterocycles. The van der Waals surface area contributed by atoms with Crippen molar-refractivity contribution in [2.45, 2.75) is 45.8 Å². The van der Waals surface area contributed by atoms with Gasteiger partial charge in [0.05, 0.1) is 0 Å². The summed E-state index contributed by atoms with van der Waals surface area (Å²) in [6, 6.07) is 18.2. The molecule has 2 aromatic rings. The van der Waals surface area contributed by atoms with Crippen LogP contribution in [0.2, 0.25) is 13.1 Å². The van der Waals surface area contributed by atoms with Gasteiger partial charge in [-0.15, -0.1) is 11.6 Å². The summed E-state index contributed by atoms with van der Waals surface area (Å²) in [6.45, 7) is 8.32. The molecule has 0 heterocycles. The van der Waals surface area contributed by atoms with Crippen LogP contribution >= 0.6 is 0 Å². The zero-order chi connectivity index (χ0) is 15.7. The molecular weight excluding hydrogens is 389 g/mol. The van der Waals surface area contributed by atoms with E-state index in [0.717, 1.165) is 22.4 Å². The molecule has 0 saturated heterocycles. The molecule has 129 valence electrons. The first-order valence-electron chi connectivity index (χ1n) is 7.66. The average Bonchev–Trinajstić information content (AvgIpc) is 2.87. The normalized spacial score (nSPS) is 10.5. The summed E-state index contributed by atoms with van der Waals surface area (Å²) in [7, 11) is 0.750. The zero-order valence-electron chi connectivity index (χ0n) is 14.9. The van der Waals surface area contributed by atoms with Crippen LogP contribution in [0.15, 0.2) is 42.5 Å². The first kappa shape index (κ1) is 28.7. The first-order valence-corrected chi connectivity index (χ1v) is 9.97. The number of hydrogen-bond donors (Lipinski definition) is 0. The van der Waals surface area contributed by atoms with Crippen LogP contribution < -0.4 is 24.8 Å². The number of fused-ring (bicyclic) bond motifs is 3. The van der Waals surface area contributed by atoms with Gasteiger partial charge in [0.1, 0.15) is 0 Å². The Bertz CT molecular complexity index is 507. The van der Waals surface area contributed by atoms with Crippen LogP contribution in [0, 0.1) is 6.07 Å². The smallest absolute Gasteiger partial charge is 1.00 e. The molecule has 0 saturated carbocycles. The van der Waals surface area contributed by atoms with Crippen molar-refractivity contribution in [1.82, 2.24) is 0 Å². The summed E-state index contributed by atoms with van der Waals surface area (Å²) in [5.74, 6) is 0. The van der Waals surface area contributed by atoms with Gasteiger partial charge in [0.15, 0.2) is 0 Å². The van der Waals surface area contributed by atoms with E-state index in [9.17, 15) is 0 Å². The van der Waals surface area contributed by atoms with Gasteiger partial charge in [-0.05, 0) is 6.42 Å². The maximum atomic E-state index is 6.83. The molecule has 3 rings (SSSR count). The molecule has 5 heteroatoms. The number of benzene rings is 2. The minimum Gasteiger partial charge on any atom is -1.00 e. The van der Waals surface area contributed by atoms with Crippen molar-refractivity contribution in [3.8, 4) is 11.1 Å². The van der Waals surface area contributed by atoms with Crippen molar-refractivity contribution in [3.63, 3.8) is 0 Å². The summed E-state index contributed by atoms with van der Waals surface area (Å²) >= 11 is 0. The number of rotatable bonds is 1. The second-order valence-electron chi connectivity index (χ2n) is 5.28. The Kier molecular flexibility index (Phi) is 19.6. The van der Waals surface area contributed by atoms with Gasteiger partial charge in [-0.25, -0.2) is 0 Å². The van der Waals surface area contributed by atoms with Crippen molar-refractivity contribution in [2.24, 2.45) is 0 Å². The Labute approximate surface area is 177 Å². The molecule has 0 spiro atoms. The van der Waals surface area contributed by atoms with E-state index in [-0.39, 0.29) is 52.6 Å². The molecule has 0 fully saturated rings. The van der Waals surface area contributed by atoms with Crippen molar-refractivity contribution >= 4 is 9.52 Å². The van der Waals surface area contributed by atoms with Gasteiger partial charge < -0.3 is 30.5 Å². The molecule has 2 aromatic carbocycles. The van der Waals surface area contributed by atoms with Crippen LogP contribution in [0.5, 0.6) is 0 Å². The molecule has 1 aliphatic rings. The quantitative estimate of drug-likeness (QED) is 0.375. The fourth-order valence-electron chi connectivity index (χ4n) is 2.00. The summed E-state index contributed by atoms with van der Waals surface area (Å²) in [5, 5.41) is 0. The monoisotopic (exact) mass is 414 g/mol. The van der Waals surface area contributed by atoms with Crippen molar-refractivity contribution in [2.75, 3.05) is 0 Å². The molecule has 1 nitrogen and oxygen atoms in total. The largest absolute Gasteiger partial charge is 4.00 e. The Morgan fingerprint density at radius 3 is 2.12 bits per heavy atom. The fraction of sp³-hybridized carbons (Fsp3) is 0.368. The molecule has 1 N–H and O–H groups in total. The molecule has 1 radical (unpaired) electrons. The number of hydrogen-bond acceptors (Lipinski definition) is 0. The average molecular weight is 415 g/mol. The molecule has 0 bridgehead atoms. The number of halogens is 2. The first-order chi connectivity index (χ1) is 10.1. The third-order valence-electron chi connectivity index (χ3n) is 3.23. The Morgan fingerprint density at radius 1 is 1.08 bits per heavy atom. The Balaban J connectivity index is -0.000000351. The summed E-state index contributed by atoms with van der Waals surface area (Å²) in [6.07, 6.45) is 2.02. The third-order valence-corrected chi connectivity index (χ3v) is 3.23. The summed E-state index contributed by atoms with van der Waals surface area (Å²) < 4.78 is 0. The Hall–Kier alpha value is -0.0888. The second-order valence-corrected chi connectivity index (χ2v) is 6.44. The third kappa shape index (κ3) is 9.41. The zero-order valence-corrected chi connectivity index (χ0v) is 19.1. The summed E-state index contributed by atoms with van der Waals surface area (Å²) in [4.78, 5) is 0. The standard InChI is InChI=1S/C13H9.C4H10N.C2H7Si.2ClH.Ti/c1-3-7-12-10(5-1)9-11-6-2-4-8-13(11)12;1-3-4(2)5;1-3-2;;;/h1-5,7-8H,9H2;4-5H,3H2,1-2H3;3H,1-2H3;2*1H;/q2*-1;;;;+4/p-2. The molecule has 1 aliphatic carbocycles. The van der Waals surface area contributed by atoms with Crippen LogP contribution in [0.1, 0.15) is 31.4 Å². The number of nitrogens with one attached hydrogen (secondary N) is 1. The van der Waals surface area contributed by atoms with E-state index < -0.39 is 0 Å². The van der Waals surface area contributed by atoms with E-state index in [0.29, 0.717) is 0 Å². The second kappa shape index (κ2) is 16.4. The molecular formula is C19H26Cl2NSiTi. The molecule has 1 unspecified atom stereocenters. The van der Waals surface area contributed by atoms with Gasteiger partial charge in [0, 0.05) is 9.52 Å². The van der Waals surface area contributed by atoms with Crippen LogP contribution in [-0.4, -0.2) is 15.6 Å². The maximum Gasteiger partial charge on any atom is 4.00 e. The van der Waals surface area contributed by atoms with Crippen molar-refractivity contribution in [3.05, 3.63) is 65.4 Å². The van der Waals surface area contributed by atoms with E-state index in [1.807, 2.05) is 19.9 Å². The van der Waals surface area contributed by atoms with Crippen LogP contribution in [0.4, 0.5) is 0 Å². The van der Waals surface area contributed by atoms with Gasteiger partial charge in [0.25, 0.3) is 0 Å². The van der Waals surface area contributed by atoms with E-state index in [1.165, 1.54) is 22.3 Å². The maximum absolute atomic E-state index is 6.83. The minimum atomic E-state index is 0. The van der Waals surface area contributed by atoms with E-state index in [4.69, 9.17) is 5.73 Å². The molecule has 24 heavy (non-hydrogen) atoms. The van der Waals surface area contributed by atoms with Gasteiger partial charge in [-0.2, -0.15) is 29.8 Å². The topological polar surface area (TPSA) is 23.8 Å². The van der Waals surface area contributed by atoms with Crippen LogP contribution in [-0.2, 0) is 28.1 Å². The van der Waals surface area contributed by atoms with Crippen LogP contribution in [0.3, 0.4) is 0 Å². The van der Waals surface area contributed by atoms with Gasteiger partial charge >= 0.3 is 21.7 Å². The van der Waals surface area contributed by atoms with E-state index in [2.05, 4.69) is 55.6 Å². The van der Waals surface area contributed by atoms with E-state index >= 15 is 0 Å². The van der Waals surface area contributed by atoms with Crippen molar-refractivity contribution < 1.29 is 46.5 Å². The minimum absolute atomic E-state index is 0. The molecule has 0 amide bonds. The summed E-state index contributed by atoms with van der Waals surface area (Å²) in [5.41, 5.74) is 12.3. The van der Waals surface area contributed by atoms with Gasteiger partial charge in [0.2, 0.25) is 0 Å². The van der Waals surface area contributed by atoms with Crippen molar-refractivity contribution in [1.29, 1.82) is 0 Å². The molecule has 0 aromatic heterocycles. The SMILES string of the molecule is CCC(C)[NH-].C[SiH]C.[Cl-].[Cl-].[Ti+4].[c-]1cccc2c1Cc1ccccc1-2. The van der Waals surface area contributed by atoms with Gasteiger partial charge in [-0.1, -0.05) is 68.8 Å². The van der Waals surface area contributed by atoms with Crippen LogP contribution in [0.25, 0.3) is 16.9 Å². The predicted molar refractivity (Wildman–Crippen MR) is 96.5 cm³/mol.